The van der Waals surface area contributed by atoms with Crippen LogP contribution in [0.2, 0.25) is 0 Å². The standard InChI is InChI=1S/C24H26N4O8/c1-28(2)13-7-12-20(36-8-27-12)15-10(13)5-9-6-11-17(26-3-4-29)19(31)16(23(25)34)22(33)24(11,35)21(32)14(9)18(15)30/h7-9,11,17,26,29,31-32,35H,3-6H2,1-2H3,(H2,25,34)/t9-,11-,17+,24-/m0/s1. The van der Waals surface area contributed by atoms with Crippen molar-refractivity contribution in [3.05, 3.63) is 46.3 Å². The molecule has 2 aromatic rings. The Balaban J connectivity index is 1.74. The number of aliphatic hydroxyl groups excluding tert-OH is 3. The minimum atomic E-state index is -2.69. The SMILES string of the molecule is CN(C)c1cc2ncoc2c2c1C[C@H]1C[C@H]3[C@@H](NCCO)C(O)=C(C(N)=O)C(=O)[C@@]3(O)C(O)=C1C2=O. The number of carbonyl (C=O) groups is 3. The Bertz CT molecular complexity index is 1390. The van der Waals surface area contributed by atoms with Crippen molar-refractivity contribution in [1.29, 1.82) is 0 Å². The molecule has 5 rings (SSSR count). The average molecular weight is 498 g/mol. The van der Waals surface area contributed by atoms with Crippen LogP contribution in [-0.2, 0) is 16.0 Å². The molecule has 0 radical (unpaired) electrons. The highest BCUT2D eigenvalue weighted by atomic mass is 16.4. The first-order valence-corrected chi connectivity index (χ1v) is 11.4. The maximum atomic E-state index is 13.9. The summed E-state index contributed by atoms with van der Waals surface area (Å²) >= 11 is 0. The van der Waals surface area contributed by atoms with Gasteiger partial charge in [-0.25, -0.2) is 4.98 Å². The number of primary amides is 1. The number of carbonyl (C=O) groups excluding carboxylic acids is 3. The number of rotatable bonds is 5. The Labute approximate surface area is 204 Å². The van der Waals surface area contributed by atoms with Crippen molar-refractivity contribution < 1.29 is 39.2 Å². The molecule has 0 spiro atoms. The number of nitrogens with zero attached hydrogens (tertiary/aromatic N) is 2. The van der Waals surface area contributed by atoms with Crippen LogP contribution in [0.15, 0.2) is 39.5 Å². The molecule has 1 aromatic heterocycles. The van der Waals surface area contributed by atoms with E-state index in [1.807, 2.05) is 19.0 Å². The van der Waals surface area contributed by atoms with Crippen molar-refractivity contribution in [2.75, 3.05) is 32.1 Å². The highest BCUT2D eigenvalue weighted by Crippen LogP contribution is 2.52. The van der Waals surface area contributed by atoms with E-state index in [1.54, 1.807) is 6.07 Å². The summed E-state index contributed by atoms with van der Waals surface area (Å²) in [5.41, 5.74) is 3.84. The van der Waals surface area contributed by atoms with Crippen molar-refractivity contribution in [3.63, 3.8) is 0 Å². The van der Waals surface area contributed by atoms with Crippen molar-refractivity contribution in [2.45, 2.75) is 24.5 Å². The molecular weight excluding hydrogens is 472 g/mol. The minimum absolute atomic E-state index is 0.00726. The molecule has 0 saturated carbocycles. The largest absolute Gasteiger partial charge is 0.510 e. The Morgan fingerprint density at radius 3 is 2.69 bits per heavy atom. The molecule has 0 unspecified atom stereocenters. The molecular formula is C24H26N4O8. The summed E-state index contributed by atoms with van der Waals surface area (Å²) in [5, 5.41) is 45.9. The third kappa shape index (κ3) is 3.04. The predicted molar refractivity (Wildman–Crippen MR) is 125 cm³/mol. The molecule has 4 atom stereocenters. The number of fused-ring (bicyclic) bond motifs is 5. The second kappa shape index (κ2) is 8.15. The number of Topliss-reactive ketones (excluding diaryl/α,β-unsaturated/α-hetero) is 2. The van der Waals surface area contributed by atoms with Gasteiger partial charge in [0.05, 0.1) is 18.2 Å². The predicted octanol–water partition coefficient (Wildman–Crippen LogP) is -0.357. The van der Waals surface area contributed by atoms with Crippen LogP contribution in [0.4, 0.5) is 5.69 Å². The second-order valence-electron chi connectivity index (χ2n) is 9.55. The van der Waals surface area contributed by atoms with Gasteiger partial charge in [-0.05, 0) is 30.4 Å². The lowest BCUT2D eigenvalue weighted by Crippen LogP contribution is -2.64. The number of allylic oxidation sites excluding steroid dienone is 1. The van der Waals surface area contributed by atoms with Crippen molar-refractivity contribution in [3.8, 4) is 0 Å². The topological polar surface area (TPSA) is 199 Å². The fourth-order valence-electron chi connectivity index (χ4n) is 5.90. The van der Waals surface area contributed by atoms with E-state index in [0.29, 0.717) is 11.1 Å². The van der Waals surface area contributed by atoms with E-state index in [1.165, 1.54) is 6.39 Å². The van der Waals surface area contributed by atoms with Gasteiger partial charge in [-0.2, -0.15) is 0 Å². The molecule has 0 aliphatic heterocycles. The smallest absolute Gasteiger partial charge is 0.255 e. The van der Waals surface area contributed by atoms with Crippen LogP contribution in [0.25, 0.3) is 11.1 Å². The van der Waals surface area contributed by atoms with Crippen LogP contribution >= 0.6 is 0 Å². The number of ketones is 2. The van der Waals surface area contributed by atoms with Crippen molar-refractivity contribution in [1.82, 2.24) is 10.3 Å². The first-order valence-electron chi connectivity index (χ1n) is 11.4. The summed E-state index contributed by atoms with van der Waals surface area (Å²) in [6.07, 6.45) is 1.48. The number of aliphatic hydroxyl groups is 4. The van der Waals surface area contributed by atoms with Gasteiger partial charge in [0, 0.05) is 37.8 Å². The van der Waals surface area contributed by atoms with Crippen LogP contribution < -0.4 is 16.0 Å². The third-order valence-electron chi connectivity index (χ3n) is 7.46. The Kier molecular flexibility index (Phi) is 5.43. The first kappa shape index (κ1) is 24.0. The number of nitrogens with two attached hydrogens (primary N) is 1. The molecule has 3 aliphatic rings. The van der Waals surface area contributed by atoms with E-state index in [-0.39, 0.29) is 42.7 Å². The second-order valence-corrected chi connectivity index (χ2v) is 9.55. The summed E-state index contributed by atoms with van der Waals surface area (Å²) in [6, 6.07) is 0.606. The first-order chi connectivity index (χ1) is 17.0. The summed E-state index contributed by atoms with van der Waals surface area (Å²) in [5.74, 6) is -6.53. The van der Waals surface area contributed by atoms with Gasteiger partial charge in [-0.15, -0.1) is 0 Å². The molecule has 36 heavy (non-hydrogen) atoms. The number of anilines is 1. The van der Waals surface area contributed by atoms with Crippen LogP contribution in [-0.4, -0.2) is 81.8 Å². The Morgan fingerprint density at radius 2 is 2.06 bits per heavy atom. The molecule has 1 amide bonds. The van der Waals surface area contributed by atoms with Crippen LogP contribution in [0.1, 0.15) is 22.3 Å². The van der Waals surface area contributed by atoms with E-state index >= 15 is 0 Å². The zero-order chi connectivity index (χ0) is 26.1. The highest BCUT2D eigenvalue weighted by molar-refractivity contribution is 6.25. The van der Waals surface area contributed by atoms with E-state index < -0.39 is 58.0 Å². The van der Waals surface area contributed by atoms with Gasteiger partial charge in [0.2, 0.25) is 5.78 Å². The number of amides is 1. The molecule has 190 valence electrons. The molecule has 1 heterocycles. The molecule has 0 bridgehead atoms. The van der Waals surface area contributed by atoms with Gasteiger partial charge in [0.15, 0.2) is 23.4 Å². The lowest BCUT2D eigenvalue weighted by molar-refractivity contribution is -0.146. The normalized spacial score (nSPS) is 27.7. The van der Waals surface area contributed by atoms with E-state index in [0.717, 1.165) is 5.69 Å². The highest BCUT2D eigenvalue weighted by Gasteiger charge is 2.62. The molecule has 7 N–H and O–H groups in total. The summed E-state index contributed by atoms with van der Waals surface area (Å²) in [7, 11) is 3.63. The van der Waals surface area contributed by atoms with Crippen LogP contribution in [0.5, 0.6) is 0 Å². The van der Waals surface area contributed by atoms with Gasteiger partial charge in [0.25, 0.3) is 5.91 Å². The number of nitrogens with one attached hydrogen (secondary N) is 1. The van der Waals surface area contributed by atoms with Gasteiger partial charge < -0.3 is 40.8 Å². The maximum Gasteiger partial charge on any atom is 0.255 e. The Morgan fingerprint density at radius 1 is 1.33 bits per heavy atom. The fraction of sp³-hybridized carbons (Fsp3) is 0.417. The van der Waals surface area contributed by atoms with Gasteiger partial charge in [-0.1, -0.05) is 0 Å². The van der Waals surface area contributed by atoms with E-state index in [4.69, 9.17) is 10.2 Å². The van der Waals surface area contributed by atoms with Crippen LogP contribution in [0.3, 0.4) is 0 Å². The minimum Gasteiger partial charge on any atom is -0.510 e. The lowest BCUT2D eigenvalue weighted by Gasteiger charge is -2.49. The van der Waals surface area contributed by atoms with Gasteiger partial charge in [-0.3, -0.25) is 14.4 Å². The maximum absolute atomic E-state index is 13.9. The summed E-state index contributed by atoms with van der Waals surface area (Å²) in [6.45, 7) is -0.379. The zero-order valence-electron chi connectivity index (χ0n) is 19.6. The summed E-state index contributed by atoms with van der Waals surface area (Å²) in [4.78, 5) is 45.2. The molecule has 1 aromatic carbocycles. The number of hydrogen-bond donors (Lipinski definition) is 6. The quantitative estimate of drug-likeness (QED) is 0.294. The molecule has 0 saturated heterocycles. The average Bonchev–Trinajstić information content (AvgIpc) is 3.29. The molecule has 12 heteroatoms. The van der Waals surface area contributed by atoms with Gasteiger partial charge in [0.1, 0.15) is 22.6 Å². The fourth-order valence-corrected chi connectivity index (χ4v) is 5.90. The number of oxazole rings is 1. The van der Waals surface area contributed by atoms with Gasteiger partial charge >= 0.3 is 0 Å². The molecule has 3 aliphatic carbocycles. The molecule has 12 nitrogen and oxygen atoms in total. The van der Waals surface area contributed by atoms with Crippen molar-refractivity contribution in [2.24, 2.45) is 17.6 Å². The van der Waals surface area contributed by atoms with E-state index in [9.17, 15) is 34.8 Å². The number of aromatic nitrogens is 1. The molecule has 0 fully saturated rings. The number of hydrogen-bond acceptors (Lipinski definition) is 11. The monoisotopic (exact) mass is 498 g/mol. The lowest BCUT2D eigenvalue weighted by atomic mass is 9.58. The van der Waals surface area contributed by atoms with E-state index in [2.05, 4.69) is 10.3 Å². The van der Waals surface area contributed by atoms with Crippen LogP contribution in [0, 0.1) is 11.8 Å². The zero-order valence-corrected chi connectivity index (χ0v) is 19.6. The van der Waals surface area contributed by atoms with Crippen molar-refractivity contribution >= 4 is 34.3 Å². The summed E-state index contributed by atoms with van der Waals surface area (Å²) < 4.78 is 5.49. The third-order valence-corrected chi connectivity index (χ3v) is 7.46. The Hall–Kier alpha value is -3.74. The number of benzene rings is 1.